The number of rotatable bonds is 1. The third-order valence-corrected chi connectivity index (χ3v) is 5.06. The molecule has 0 saturated carbocycles. The maximum Gasteiger partial charge on any atom is 0.131 e. The smallest absolute Gasteiger partial charge is 0.131 e. The van der Waals surface area contributed by atoms with Gasteiger partial charge in [-0.3, -0.25) is 0 Å². The summed E-state index contributed by atoms with van der Waals surface area (Å²) in [6.45, 7) is 0.723. The van der Waals surface area contributed by atoms with Crippen LogP contribution in [-0.4, -0.2) is 18.0 Å². The molecule has 4 rings (SSSR count). The van der Waals surface area contributed by atoms with Crippen molar-refractivity contribution in [3.8, 4) is 11.5 Å². The minimum Gasteiger partial charge on any atom is -0.457 e. The van der Waals surface area contributed by atoms with E-state index in [0.29, 0.717) is 0 Å². The van der Waals surface area contributed by atoms with Gasteiger partial charge >= 0.3 is 0 Å². The van der Waals surface area contributed by atoms with Gasteiger partial charge < -0.3 is 9.47 Å². The van der Waals surface area contributed by atoms with E-state index in [4.69, 9.17) is 9.47 Å². The maximum atomic E-state index is 6.07. The van der Waals surface area contributed by atoms with Gasteiger partial charge in [0, 0.05) is 16.5 Å². The molecule has 102 valence electrons. The second kappa shape index (κ2) is 4.61. The van der Waals surface area contributed by atoms with E-state index in [9.17, 15) is 0 Å². The van der Waals surface area contributed by atoms with Gasteiger partial charge in [-0.2, -0.15) is 0 Å². The van der Waals surface area contributed by atoms with Crippen LogP contribution >= 0.6 is 15.9 Å². The van der Waals surface area contributed by atoms with Crippen LogP contribution < -0.4 is 4.74 Å². The number of halogens is 1. The highest BCUT2D eigenvalue weighted by atomic mass is 79.9. The molecular weight excluding hydrogens is 316 g/mol. The molecule has 2 aliphatic rings. The SMILES string of the molecule is BrC[C@H]1CC2(CO1)c1ccccc1Oc1ccccc12. The van der Waals surface area contributed by atoms with E-state index in [0.717, 1.165) is 29.9 Å². The van der Waals surface area contributed by atoms with Crippen LogP contribution in [0.4, 0.5) is 0 Å². The third-order valence-electron chi connectivity index (χ3n) is 4.34. The highest BCUT2D eigenvalue weighted by Crippen LogP contribution is 2.53. The Kier molecular flexibility index (Phi) is 2.86. The monoisotopic (exact) mass is 330 g/mol. The van der Waals surface area contributed by atoms with Crippen LogP contribution in [0.15, 0.2) is 48.5 Å². The van der Waals surface area contributed by atoms with Crippen LogP contribution in [0, 0.1) is 0 Å². The molecule has 1 spiro atoms. The first kappa shape index (κ1) is 12.4. The molecule has 1 fully saturated rings. The van der Waals surface area contributed by atoms with Crippen molar-refractivity contribution in [2.75, 3.05) is 11.9 Å². The molecule has 0 radical (unpaired) electrons. The standard InChI is InChI=1S/C17H15BrO2/c18-10-12-9-17(11-19-12)13-5-1-3-7-15(13)20-16-8-4-2-6-14(16)17/h1-8,12H,9-11H2/t12-/m1/s1. The predicted molar refractivity (Wildman–Crippen MR) is 81.9 cm³/mol. The molecule has 0 aromatic heterocycles. The zero-order chi connectivity index (χ0) is 13.6. The summed E-state index contributed by atoms with van der Waals surface area (Å²) >= 11 is 3.55. The number of fused-ring (bicyclic) bond motifs is 4. The summed E-state index contributed by atoms with van der Waals surface area (Å²) in [5.74, 6) is 1.93. The molecular formula is C17H15BrO2. The minimum atomic E-state index is -0.0656. The van der Waals surface area contributed by atoms with Crippen LogP contribution in [0.3, 0.4) is 0 Å². The summed E-state index contributed by atoms with van der Waals surface area (Å²) in [6.07, 6.45) is 1.25. The van der Waals surface area contributed by atoms with Crippen molar-refractivity contribution in [2.24, 2.45) is 0 Å². The fourth-order valence-corrected chi connectivity index (χ4v) is 3.82. The van der Waals surface area contributed by atoms with E-state index in [-0.39, 0.29) is 11.5 Å². The van der Waals surface area contributed by atoms with E-state index in [1.165, 1.54) is 11.1 Å². The fraction of sp³-hybridized carbons (Fsp3) is 0.294. The summed E-state index contributed by atoms with van der Waals surface area (Å²) < 4.78 is 12.1. The van der Waals surface area contributed by atoms with Crippen LogP contribution in [-0.2, 0) is 10.2 Å². The lowest BCUT2D eigenvalue weighted by Crippen LogP contribution is -2.32. The highest BCUT2D eigenvalue weighted by Gasteiger charge is 2.47. The van der Waals surface area contributed by atoms with E-state index in [1.807, 2.05) is 12.1 Å². The van der Waals surface area contributed by atoms with E-state index in [1.54, 1.807) is 0 Å². The molecule has 2 aromatic carbocycles. The largest absolute Gasteiger partial charge is 0.457 e. The Balaban J connectivity index is 1.93. The van der Waals surface area contributed by atoms with Crippen molar-refractivity contribution in [3.63, 3.8) is 0 Å². The van der Waals surface area contributed by atoms with Gasteiger partial charge in [0.25, 0.3) is 0 Å². The van der Waals surface area contributed by atoms with Gasteiger partial charge in [-0.05, 0) is 18.6 Å². The Morgan fingerprint density at radius 1 is 1.00 bits per heavy atom. The van der Waals surface area contributed by atoms with Gasteiger partial charge in [0.05, 0.1) is 18.1 Å². The lowest BCUT2D eigenvalue weighted by atomic mass is 9.71. The Morgan fingerprint density at radius 2 is 1.60 bits per heavy atom. The first-order valence-corrected chi connectivity index (χ1v) is 8.00. The molecule has 2 aliphatic heterocycles. The molecule has 1 saturated heterocycles. The second-order valence-corrected chi connectivity index (χ2v) is 6.12. The number of alkyl halides is 1. The Labute approximate surface area is 126 Å². The van der Waals surface area contributed by atoms with Crippen molar-refractivity contribution < 1.29 is 9.47 Å². The Bertz CT molecular complexity index is 607. The maximum absolute atomic E-state index is 6.07. The summed E-state index contributed by atoms with van der Waals surface area (Å²) in [5, 5.41) is 0.875. The normalized spacial score (nSPS) is 22.1. The number of hydrogen-bond donors (Lipinski definition) is 0. The predicted octanol–water partition coefficient (Wildman–Crippen LogP) is 4.26. The first-order chi connectivity index (χ1) is 9.83. The lowest BCUT2D eigenvalue weighted by molar-refractivity contribution is 0.122. The molecule has 0 amide bonds. The summed E-state index contributed by atoms with van der Waals surface area (Å²) in [7, 11) is 0. The molecule has 2 aromatic rings. The van der Waals surface area contributed by atoms with Crippen molar-refractivity contribution in [1.82, 2.24) is 0 Å². The molecule has 2 heterocycles. The zero-order valence-corrected chi connectivity index (χ0v) is 12.6. The summed E-state index contributed by atoms with van der Waals surface area (Å²) in [4.78, 5) is 0. The molecule has 0 N–H and O–H groups in total. The van der Waals surface area contributed by atoms with Crippen LogP contribution in [0.25, 0.3) is 0 Å². The number of benzene rings is 2. The van der Waals surface area contributed by atoms with Gasteiger partial charge in [-0.25, -0.2) is 0 Å². The molecule has 3 heteroatoms. The lowest BCUT2D eigenvalue weighted by Gasteiger charge is -2.36. The van der Waals surface area contributed by atoms with Crippen LogP contribution in [0.1, 0.15) is 17.5 Å². The van der Waals surface area contributed by atoms with Gasteiger partial charge in [0.2, 0.25) is 0 Å². The molecule has 0 aliphatic carbocycles. The van der Waals surface area contributed by atoms with Gasteiger partial charge in [0.15, 0.2) is 0 Å². The quantitative estimate of drug-likeness (QED) is 0.727. The number of para-hydroxylation sites is 2. The molecule has 2 nitrogen and oxygen atoms in total. The number of hydrogen-bond acceptors (Lipinski definition) is 2. The fourth-order valence-electron chi connectivity index (χ4n) is 3.41. The molecule has 0 unspecified atom stereocenters. The van der Waals surface area contributed by atoms with E-state index >= 15 is 0 Å². The topological polar surface area (TPSA) is 18.5 Å². The molecule has 0 bridgehead atoms. The van der Waals surface area contributed by atoms with Crippen LogP contribution in [0.5, 0.6) is 11.5 Å². The highest BCUT2D eigenvalue weighted by molar-refractivity contribution is 9.09. The average Bonchev–Trinajstić information content (AvgIpc) is 2.93. The molecule has 1 atom stereocenters. The first-order valence-electron chi connectivity index (χ1n) is 6.88. The van der Waals surface area contributed by atoms with E-state index < -0.39 is 0 Å². The molecule has 20 heavy (non-hydrogen) atoms. The van der Waals surface area contributed by atoms with Crippen molar-refractivity contribution in [3.05, 3.63) is 59.7 Å². The zero-order valence-electron chi connectivity index (χ0n) is 11.0. The van der Waals surface area contributed by atoms with Gasteiger partial charge in [-0.15, -0.1) is 0 Å². The Hall–Kier alpha value is -1.32. The van der Waals surface area contributed by atoms with Crippen molar-refractivity contribution >= 4 is 15.9 Å². The average molecular weight is 331 g/mol. The summed E-state index contributed by atoms with van der Waals surface area (Å²) in [6, 6.07) is 16.7. The van der Waals surface area contributed by atoms with E-state index in [2.05, 4.69) is 52.3 Å². The van der Waals surface area contributed by atoms with Crippen molar-refractivity contribution in [2.45, 2.75) is 17.9 Å². The van der Waals surface area contributed by atoms with Gasteiger partial charge in [0.1, 0.15) is 11.5 Å². The minimum absolute atomic E-state index is 0.0656. The number of ether oxygens (including phenoxy) is 2. The summed E-state index contributed by atoms with van der Waals surface area (Å²) in [5.41, 5.74) is 2.44. The second-order valence-electron chi connectivity index (χ2n) is 5.47. The van der Waals surface area contributed by atoms with Crippen molar-refractivity contribution in [1.29, 1.82) is 0 Å². The van der Waals surface area contributed by atoms with Crippen LogP contribution in [0.2, 0.25) is 0 Å². The Morgan fingerprint density at radius 3 is 2.15 bits per heavy atom. The third kappa shape index (κ3) is 1.66. The van der Waals surface area contributed by atoms with Gasteiger partial charge in [-0.1, -0.05) is 52.3 Å².